The fourth-order valence-electron chi connectivity index (χ4n) is 2.63. The first-order valence-corrected chi connectivity index (χ1v) is 9.23. The first-order chi connectivity index (χ1) is 9.81. The van der Waals surface area contributed by atoms with Crippen LogP contribution in [0.4, 0.5) is 0 Å². The van der Waals surface area contributed by atoms with E-state index in [0.717, 1.165) is 37.3 Å². The van der Waals surface area contributed by atoms with Crippen molar-refractivity contribution in [2.45, 2.75) is 37.6 Å². The number of nitrogens with one attached hydrogen (secondary N) is 1. The highest BCUT2D eigenvalue weighted by Gasteiger charge is 2.28. The van der Waals surface area contributed by atoms with E-state index in [1.54, 1.807) is 19.2 Å². The topological polar surface area (TPSA) is 86.7 Å². The van der Waals surface area contributed by atoms with Crippen LogP contribution >= 0.6 is 11.3 Å². The molecule has 0 saturated carbocycles. The van der Waals surface area contributed by atoms with Crippen LogP contribution in [0.15, 0.2) is 10.3 Å². The Hall–Kier alpha value is -0.960. The van der Waals surface area contributed by atoms with E-state index >= 15 is 0 Å². The van der Waals surface area contributed by atoms with Gasteiger partial charge in [0.25, 0.3) is 0 Å². The van der Waals surface area contributed by atoms with Crippen molar-refractivity contribution < 1.29 is 18.3 Å². The third kappa shape index (κ3) is 3.82. The van der Waals surface area contributed by atoms with Gasteiger partial charge >= 0.3 is 5.97 Å². The van der Waals surface area contributed by atoms with Crippen LogP contribution in [0.3, 0.4) is 0 Å². The lowest BCUT2D eigenvalue weighted by Crippen LogP contribution is -2.41. The third-order valence-corrected chi connectivity index (χ3v) is 6.46. The van der Waals surface area contributed by atoms with Gasteiger partial charge in [-0.15, -0.1) is 11.3 Å². The molecule has 0 spiro atoms. The molecule has 21 heavy (non-hydrogen) atoms. The van der Waals surface area contributed by atoms with Crippen LogP contribution in [0.2, 0.25) is 0 Å². The van der Waals surface area contributed by atoms with E-state index in [9.17, 15) is 13.2 Å². The molecule has 0 radical (unpaired) electrons. The van der Waals surface area contributed by atoms with Gasteiger partial charge in [0.2, 0.25) is 10.0 Å². The Morgan fingerprint density at radius 2 is 2.10 bits per heavy atom. The minimum absolute atomic E-state index is 0.103. The van der Waals surface area contributed by atoms with Crippen LogP contribution in [-0.2, 0) is 10.0 Å². The van der Waals surface area contributed by atoms with Crippen molar-refractivity contribution in [1.82, 2.24) is 9.62 Å². The average Bonchev–Trinajstić information content (AvgIpc) is 2.97. The lowest BCUT2D eigenvalue weighted by atomic mass is 10.3. The lowest BCUT2D eigenvalue weighted by molar-refractivity contribution is 0.0698. The minimum atomic E-state index is -3.81. The normalized spacial score (nSPS) is 18.0. The van der Waals surface area contributed by atoms with Crippen LogP contribution in [0.25, 0.3) is 0 Å². The summed E-state index contributed by atoms with van der Waals surface area (Å²) in [6, 6.07) is -0.256. The number of carboxylic acids is 1. The van der Waals surface area contributed by atoms with Crippen molar-refractivity contribution in [3.05, 3.63) is 15.8 Å². The Labute approximate surface area is 128 Å². The molecule has 1 aromatic rings. The van der Waals surface area contributed by atoms with Gasteiger partial charge in [0.1, 0.15) is 9.77 Å². The molecule has 118 valence electrons. The van der Waals surface area contributed by atoms with Crippen molar-refractivity contribution in [1.29, 1.82) is 0 Å². The molecule has 2 N–H and O–H groups in total. The molecular weight excluding hydrogens is 312 g/mol. The number of aryl methyl sites for hydroxylation is 1. The Morgan fingerprint density at radius 3 is 2.67 bits per heavy atom. The monoisotopic (exact) mass is 332 g/mol. The second-order valence-corrected chi connectivity index (χ2v) is 7.94. The predicted molar refractivity (Wildman–Crippen MR) is 81.5 cm³/mol. The number of aromatic carboxylic acids is 1. The van der Waals surface area contributed by atoms with Crippen molar-refractivity contribution in [2.24, 2.45) is 0 Å². The Bertz CT molecular complexity index is 618. The van der Waals surface area contributed by atoms with Gasteiger partial charge in [-0.3, -0.25) is 0 Å². The van der Waals surface area contributed by atoms with E-state index in [2.05, 4.69) is 9.62 Å². The molecule has 0 aliphatic carbocycles. The molecule has 1 unspecified atom stereocenters. The molecule has 2 rings (SSSR count). The second kappa shape index (κ2) is 6.43. The van der Waals surface area contributed by atoms with Crippen molar-refractivity contribution >= 4 is 27.3 Å². The number of rotatable bonds is 6. The van der Waals surface area contributed by atoms with Crippen LogP contribution in [0.5, 0.6) is 0 Å². The molecule has 6 nitrogen and oxygen atoms in total. The van der Waals surface area contributed by atoms with Gasteiger partial charge < -0.3 is 10.0 Å². The van der Waals surface area contributed by atoms with Gasteiger partial charge in [0, 0.05) is 12.6 Å². The van der Waals surface area contributed by atoms with E-state index in [-0.39, 0.29) is 15.8 Å². The standard InChI is InChI=1S/C13H20N2O4S2/c1-9-8-20-11(13(16)17)12(9)21(18,19)14-10(2)7-15-5-3-4-6-15/h8,10,14H,3-7H2,1-2H3,(H,16,17). The van der Waals surface area contributed by atoms with Crippen LogP contribution in [0.1, 0.15) is 35.0 Å². The van der Waals surface area contributed by atoms with Crippen LogP contribution in [0, 0.1) is 6.92 Å². The summed E-state index contributed by atoms with van der Waals surface area (Å²) in [6.45, 7) is 6.04. The molecule has 1 aliphatic heterocycles. The number of nitrogens with zero attached hydrogens (tertiary/aromatic N) is 1. The predicted octanol–water partition coefficient (Wildman–Crippen LogP) is 1.52. The lowest BCUT2D eigenvalue weighted by Gasteiger charge is -2.21. The summed E-state index contributed by atoms with van der Waals surface area (Å²) in [4.78, 5) is 13.1. The van der Waals surface area contributed by atoms with Crippen molar-refractivity contribution in [3.63, 3.8) is 0 Å². The fraction of sp³-hybridized carbons (Fsp3) is 0.615. The largest absolute Gasteiger partial charge is 0.477 e. The number of likely N-dealkylation sites (tertiary alicyclic amines) is 1. The van der Waals surface area contributed by atoms with Gasteiger partial charge in [-0.25, -0.2) is 17.9 Å². The van der Waals surface area contributed by atoms with Gasteiger partial charge in [-0.2, -0.15) is 0 Å². The quantitative estimate of drug-likeness (QED) is 0.825. The van der Waals surface area contributed by atoms with Crippen LogP contribution < -0.4 is 4.72 Å². The van der Waals surface area contributed by atoms with Crippen molar-refractivity contribution in [3.8, 4) is 0 Å². The van der Waals surface area contributed by atoms with E-state index in [1.165, 1.54) is 0 Å². The zero-order chi connectivity index (χ0) is 15.6. The second-order valence-electron chi connectivity index (χ2n) is 5.41. The highest BCUT2D eigenvalue weighted by atomic mass is 32.2. The average molecular weight is 332 g/mol. The first kappa shape index (κ1) is 16.4. The molecule has 1 aromatic heterocycles. The van der Waals surface area contributed by atoms with E-state index in [4.69, 9.17) is 5.11 Å². The van der Waals surface area contributed by atoms with E-state index in [1.807, 2.05) is 0 Å². The third-order valence-electron chi connectivity index (χ3n) is 3.47. The summed E-state index contributed by atoms with van der Waals surface area (Å²) < 4.78 is 27.5. The zero-order valence-electron chi connectivity index (χ0n) is 12.1. The van der Waals surface area contributed by atoms with Gasteiger partial charge in [0.05, 0.1) is 0 Å². The minimum Gasteiger partial charge on any atom is -0.477 e. The van der Waals surface area contributed by atoms with Gasteiger partial charge in [-0.1, -0.05) is 0 Å². The molecule has 1 fully saturated rings. The van der Waals surface area contributed by atoms with E-state index < -0.39 is 16.0 Å². The summed E-state index contributed by atoms with van der Waals surface area (Å²) in [5.74, 6) is -1.21. The summed E-state index contributed by atoms with van der Waals surface area (Å²) in [5, 5.41) is 10.7. The maximum atomic E-state index is 12.4. The SMILES string of the molecule is Cc1csc(C(=O)O)c1S(=O)(=O)NC(C)CN1CCCC1. The molecule has 1 saturated heterocycles. The molecule has 8 heteroatoms. The molecule has 0 aromatic carbocycles. The Balaban J connectivity index is 2.14. The highest BCUT2D eigenvalue weighted by Crippen LogP contribution is 2.27. The number of hydrogen-bond donors (Lipinski definition) is 2. The Kier molecular flexibility index (Phi) is 5.03. The van der Waals surface area contributed by atoms with Crippen LogP contribution in [-0.4, -0.2) is 50.1 Å². The smallest absolute Gasteiger partial charge is 0.347 e. The summed E-state index contributed by atoms with van der Waals surface area (Å²) in [6.07, 6.45) is 2.29. The Morgan fingerprint density at radius 1 is 1.48 bits per heavy atom. The maximum Gasteiger partial charge on any atom is 0.347 e. The molecule has 0 amide bonds. The molecule has 0 bridgehead atoms. The molecular formula is C13H20N2O4S2. The van der Waals surface area contributed by atoms with E-state index in [0.29, 0.717) is 12.1 Å². The maximum absolute atomic E-state index is 12.4. The molecule has 1 aliphatic rings. The summed E-state index contributed by atoms with van der Waals surface area (Å²) >= 11 is 0.942. The fourth-order valence-corrected chi connectivity index (χ4v) is 5.49. The van der Waals surface area contributed by atoms with Gasteiger partial charge in [-0.05, 0) is 50.7 Å². The van der Waals surface area contributed by atoms with Crippen molar-refractivity contribution in [2.75, 3.05) is 19.6 Å². The highest BCUT2D eigenvalue weighted by molar-refractivity contribution is 7.89. The number of carbonyl (C=O) groups is 1. The van der Waals surface area contributed by atoms with Gasteiger partial charge in [0.15, 0.2) is 0 Å². The molecule has 1 atom stereocenters. The zero-order valence-corrected chi connectivity index (χ0v) is 13.8. The first-order valence-electron chi connectivity index (χ1n) is 6.87. The number of carboxylic acid groups (broad SMARTS) is 1. The number of thiophene rings is 1. The summed E-state index contributed by atoms with van der Waals surface area (Å²) in [5.41, 5.74) is 0.471. The molecule has 2 heterocycles. The number of hydrogen-bond acceptors (Lipinski definition) is 5. The summed E-state index contributed by atoms with van der Waals surface area (Å²) in [7, 11) is -3.81. The number of sulfonamides is 1.